The summed E-state index contributed by atoms with van der Waals surface area (Å²) in [6.45, 7) is 1.76. The molecule has 0 saturated carbocycles. The molecule has 0 unspecified atom stereocenters. The molecule has 0 N–H and O–H groups in total. The zero-order valence-electron chi connectivity index (χ0n) is 6.94. The van der Waals surface area contributed by atoms with Gasteiger partial charge in [-0.3, -0.25) is 0 Å². The molecule has 1 aromatic carbocycles. The van der Waals surface area contributed by atoms with Crippen LogP contribution < -0.4 is 0 Å². The standard InChI is InChI=1S/C9H6N2O2/c1-7-4-8(10-5-12)2-3-9(7)11-6-13/h2-4H,1H3. The Balaban J connectivity index is 3.19. The fraction of sp³-hybridized carbons (Fsp3) is 0.111. The molecule has 13 heavy (non-hydrogen) atoms. The lowest BCUT2D eigenvalue weighted by Gasteiger charge is -1.97. The number of carbonyl (C=O) groups excluding carboxylic acids is 2. The molecule has 4 nitrogen and oxygen atoms in total. The zero-order chi connectivity index (χ0) is 9.68. The highest BCUT2D eigenvalue weighted by atomic mass is 16.1. The Bertz CT molecular complexity index is 414. The Hall–Kier alpha value is -2.02. The molecule has 0 heterocycles. The lowest BCUT2D eigenvalue weighted by molar-refractivity contribution is 0.564. The van der Waals surface area contributed by atoms with Crippen molar-refractivity contribution in [3.05, 3.63) is 23.8 Å². The third kappa shape index (κ3) is 2.20. The number of aliphatic imine (C=N–C) groups is 2. The van der Waals surface area contributed by atoms with Gasteiger partial charge in [0.2, 0.25) is 12.2 Å². The second-order valence-corrected chi connectivity index (χ2v) is 2.38. The molecule has 0 amide bonds. The Morgan fingerprint density at radius 1 is 1.15 bits per heavy atom. The Kier molecular flexibility index (Phi) is 2.87. The summed E-state index contributed by atoms with van der Waals surface area (Å²) in [4.78, 5) is 26.8. The van der Waals surface area contributed by atoms with E-state index in [9.17, 15) is 9.59 Å². The first kappa shape index (κ1) is 9.07. The number of benzene rings is 1. The maximum absolute atomic E-state index is 9.96. The van der Waals surface area contributed by atoms with E-state index in [1.165, 1.54) is 12.2 Å². The molecule has 4 heteroatoms. The summed E-state index contributed by atoms with van der Waals surface area (Å²) in [5.41, 5.74) is 1.79. The van der Waals surface area contributed by atoms with E-state index in [4.69, 9.17) is 0 Å². The van der Waals surface area contributed by atoms with Crippen molar-refractivity contribution in [3.8, 4) is 0 Å². The summed E-state index contributed by atoms with van der Waals surface area (Å²) in [5, 5.41) is 0. The van der Waals surface area contributed by atoms with E-state index < -0.39 is 0 Å². The van der Waals surface area contributed by atoms with Gasteiger partial charge in [0, 0.05) is 0 Å². The van der Waals surface area contributed by atoms with Gasteiger partial charge in [-0.1, -0.05) is 0 Å². The van der Waals surface area contributed by atoms with Crippen molar-refractivity contribution < 1.29 is 9.59 Å². The molecule has 0 spiro atoms. The fourth-order valence-electron chi connectivity index (χ4n) is 0.937. The molecule has 0 aliphatic heterocycles. The van der Waals surface area contributed by atoms with Crippen molar-refractivity contribution in [3.63, 3.8) is 0 Å². The first-order valence-electron chi connectivity index (χ1n) is 3.54. The molecule has 0 aliphatic rings. The second-order valence-electron chi connectivity index (χ2n) is 2.38. The van der Waals surface area contributed by atoms with Crippen molar-refractivity contribution in [1.29, 1.82) is 0 Å². The number of isocyanates is 2. The largest absolute Gasteiger partial charge is 0.240 e. The second kappa shape index (κ2) is 4.12. The number of nitrogens with zero attached hydrogens (tertiary/aromatic N) is 2. The highest BCUT2D eigenvalue weighted by Gasteiger charge is 1.96. The summed E-state index contributed by atoms with van der Waals surface area (Å²) in [7, 11) is 0. The Labute approximate surface area is 74.6 Å². The van der Waals surface area contributed by atoms with Gasteiger partial charge in [0.05, 0.1) is 11.4 Å². The number of rotatable bonds is 2. The van der Waals surface area contributed by atoms with Crippen LogP contribution in [0.1, 0.15) is 5.56 Å². The van der Waals surface area contributed by atoms with Crippen LogP contribution in [0.15, 0.2) is 28.2 Å². The monoisotopic (exact) mass is 174 g/mol. The molecular formula is C9H6N2O2. The van der Waals surface area contributed by atoms with Gasteiger partial charge >= 0.3 is 0 Å². The van der Waals surface area contributed by atoms with Gasteiger partial charge in [-0.05, 0) is 30.7 Å². The molecule has 0 fully saturated rings. The van der Waals surface area contributed by atoms with E-state index in [-0.39, 0.29) is 0 Å². The highest BCUT2D eigenvalue weighted by molar-refractivity contribution is 5.59. The van der Waals surface area contributed by atoms with Gasteiger partial charge < -0.3 is 0 Å². The molecule has 1 rings (SSSR count). The van der Waals surface area contributed by atoms with Crippen LogP contribution in [0.4, 0.5) is 11.4 Å². The topological polar surface area (TPSA) is 58.9 Å². The highest BCUT2D eigenvalue weighted by Crippen LogP contribution is 2.22. The van der Waals surface area contributed by atoms with Crippen molar-refractivity contribution in [1.82, 2.24) is 0 Å². The minimum Gasteiger partial charge on any atom is -0.211 e. The van der Waals surface area contributed by atoms with E-state index in [2.05, 4.69) is 9.98 Å². The summed E-state index contributed by atoms with van der Waals surface area (Å²) in [6.07, 6.45) is 2.87. The van der Waals surface area contributed by atoms with Crippen LogP contribution in [0.25, 0.3) is 0 Å². The predicted octanol–water partition coefficient (Wildman–Crippen LogP) is 1.93. The number of hydrogen-bond donors (Lipinski definition) is 0. The summed E-state index contributed by atoms with van der Waals surface area (Å²) < 4.78 is 0. The molecule has 0 atom stereocenters. The summed E-state index contributed by atoms with van der Waals surface area (Å²) in [6, 6.07) is 4.81. The molecule has 64 valence electrons. The van der Waals surface area contributed by atoms with Crippen molar-refractivity contribution in [2.75, 3.05) is 0 Å². The number of hydrogen-bond acceptors (Lipinski definition) is 4. The zero-order valence-corrected chi connectivity index (χ0v) is 6.94. The van der Waals surface area contributed by atoms with Crippen LogP contribution in [0.5, 0.6) is 0 Å². The van der Waals surface area contributed by atoms with Gasteiger partial charge in [0.25, 0.3) is 0 Å². The van der Waals surface area contributed by atoms with Crippen LogP contribution >= 0.6 is 0 Å². The van der Waals surface area contributed by atoms with Crippen LogP contribution in [0.2, 0.25) is 0 Å². The average Bonchev–Trinajstić information content (AvgIpc) is 2.10. The summed E-state index contributed by atoms with van der Waals surface area (Å²) in [5.74, 6) is 0. The molecule has 0 radical (unpaired) electrons. The molecule has 1 aromatic rings. The third-order valence-corrected chi connectivity index (χ3v) is 1.52. The van der Waals surface area contributed by atoms with E-state index in [0.717, 1.165) is 5.56 Å². The van der Waals surface area contributed by atoms with E-state index in [1.807, 2.05) is 0 Å². The molecule has 0 saturated heterocycles. The maximum Gasteiger partial charge on any atom is 0.240 e. The SMILES string of the molecule is Cc1cc(N=C=O)ccc1N=C=O. The van der Waals surface area contributed by atoms with Crippen LogP contribution in [0.3, 0.4) is 0 Å². The van der Waals surface area contributed by atoms with E-state index in [1.54, 1.807) is 25.1 Å². The van der Waals surface area contributed by atoms with Crippen LogP contribution in [-0.4, -0.2) is 12.2 Å². The van der Waals surface area contributed by atoms with Crippen molar-refractivity contribution >= 4 is 23.5 Å². The quantitative estimate of drug-likeness (QED) is 0.508. The summed E-state index contributed by atoms with van der Waals surface area (Å²) >= 11 is 0. The lowest BCUT2D eigenvalue weighted by Crippen LogP contribution is -1.73. The van der Waals surface area contributed by atoms with Gasteiger partial charge in [0.1, 0.15) is 0 Å². The van der Waals surface area contributed by atoms with Crippen LogP contribution in [0, 0.1) is 6.92 Å². The van der Waals surface area contributed by atoms with E-state index >= 15 is 0 Å². The first-order chi connectivity index (χ1) is 6.27. The Morgan fingerprint density at radius 2 is 1.85 bits per heavy atom. The normalized spacial score (nSPS) is 8.38. The molecule has 0 aliphatic carbocycles. The number of aryl methyl sites for hydroxylation is 1. The molecule has 0 bridgehead atoms. The maximum atomic E-state index is 9.96. The van der Waals surface area contributed by atoms with Crippen LogP contribution in [-0.2, 0) is 9.59 Å². The Morgan fingerprint density at radius 3 is 2.38 bits per heavy atom. The smallest absolute Gasteiger partial charge is 0.211 e. The third-order valence-electron chi connectivity index (χ3n) is 1.52. The van der Waals surface area contributed by atoms with Crippen molar-refractivity contribution in [2.24, 2.45) is 9.98 Å². The minimum atomic E-state index is 0.498. The molecular weight excluding hydrogens is 168 g/mol. The van der Waals surface area contributed by atoms with Crippen molar-refractivity contribution in [2.45, 2.75) is 6.92 Å². The van der Waals surface area contributed by atoms with Gasteiger partial charge in [0.15, 0.2) is 0 Å². The predicted molar refractivity (Wildman–Crippen MR) is 46.7 cm³/mol. The lowest BCUT2D eigenvalue weighted by atomic mass is 10.2. The first-order valence-corrected chi connectivity index (χ1v) is 3.54. The average molecular weight is 174 g/mol. The van der Waals surface area contributed by atoms with Gasteiger partial charge in [-0.15, -0.1) is 0 Å². The van der Waals surface area contributed by atoms with E-state index in [0.29, 0.717) is 11.4 Å². The van der Waals surface area contributed by atoms with Gasteiger partial charge in [-0.2, -0.15) is 9.98 Å². The fourth-order valence-corrected chi connectivity index (χ4v) is 0.937. The minimum absolute atomic E-state index is 0.498. The molecule has 0 aromatic heterocycles. The van der Waals surface area contributed by atoms with Gasteiger partial charge in [-0.25, -0.2) is 9.59 Å².